The normalized spacial score (nSPS) is 16.0. The first kappa shape index (κ1) is 6.06. The SMILES string of the molecule is [2H][B-]=C1C(=O)c2ccccc2C1=O. The van der Waals surface area contributed by atoms with E-state index in [0.717, 1.165) is 7.45 Å². The van der Waals surface area contributed by atoms with Gasteiger partial charge in [-0.05, 0) is 0 Å². The molecular formula is C9H5BO2-. The Kier molecular flexibility index (Phi) is 1.13. The third kappa shape index (κ3) is 0.734. The molecule has 0 amide bonds. The monoisotopic (exact) mass is 157 g/mol. The number of hydrogen-bond acceptors (Lipinski definition) is 2. The van der Waals surface area contributed by atoms with Gasteiger partial charge in [-0.3, -0.25) is 10.9 Å². The lowest BCUT2D eigenvalue weighted by atomic mass is 10.0. The second-order valence-electron chi connectivity index (χ2n) is 2.62. The minimum atomic E-state index is -0.337. The molecule has 0 aromatic heterocycles. The Balaban J connectivity index is 2.71. The Labute approximate surface area is 71.6 Å². The van der Waals surface area contributed by atoms with E-state index >= 15 is 0 Å². The number of ketones is 2. The Hall–Kier alpha value is -1.51. The highest BCUT2D eigenvalue weighted by Gasteiger charge is 2.24. The van der Waals surface area contributed by atoms with Gasteiger partial charge in [-0.15, -0.1) is 0 Å². The predicted octanol–water partition coefficient (Wildman–Crippen LogP) is 0.139. The molecule has 1 aliphatic carbocycles. The molecule has 2 nitrogen and oxygen atoms in total. The predicted molar refractivity (Wildman–Crippen MR) is 47.3 cm³/mol. The number of benzene rings is 1. The molecule has 12 heavy (non-hydrogen) atoms. The maximum atomic E-state index is 11.4. The molecule has 3 heteroatoms. The van der Waals surface area contributed by atoms with Crippen LogP contribution in [0.25, 0.3) is 0 Å². The smallest absolute Gasteiger partial charge is 0.150 e. The molecule has 0 fully saturated rings. The standard InChI is InChI=1S/C9H5BO2/c10-7-8(11)5-3-1-2-4-6(5)9(7)12/h1-4,10H/q-1/i10D. The topological polar surface area (TPSA) is 34.1 Å². The van der Waals surface area contributed by atoms with Crippen LogP contribution in [0.5, 0.6) is 0 Å². The van der Waals surface area contributed by atoms with Crippen molar-refractivity contribution < 1.29 is 9.59 Å². The van der Waals surface area contributed by atoms with Crippen LogP contribution in [-0.2, 0) is 0 Å². The van der Waals surface area contributed by atoms with Crippen molar-refractivity contribution in [3.8, 4) is 0 Å². The quantitative estimate of drug-likeness (QED) is 0.502. The molecule has 2 rings (SSSR count). The fourth-order valence-electron chi connectivity index (χ4n) is 1.27. The number of hydrogen-bond donors (Lipinski definition) is 0. The molecule has 0 spiro atoms. The lowest BCUT2D eigenvalue weighted by Crippen LogP contribution is -2.13. The Morgan fingerprint density at radius 3 is 2.00 bits per heavy atom. The first-order chi connectivity index (χ1) is 6.25. The van der Waals surface area contributed by atoms with Gasteiger partial charge in [-0.1, -0.05) is 24.3 Å². The third-order valence-electron chi connectivity index (χ3n) is 1.91. The van der Waals surface area contributed by atoms with Crippen LogP contribution in [0.15, 0.2) is 24.3 Å². The summed E-state index contributed by atoms with van der Waals surface area (Å²) in [6.07, 6.45) is 0. The van der Waals surface area contributed by atoms with E-state index in [4.69, 9.17) is 1.34 Å². The van der Waals surface area contributed by atoms with Crippen LogP contribution in [0.1, 0.15) is 20.7 Å². The van der Waals surface area contributed by atoms with Gasteiger partial charge in [0.2, 0.25) is 0 Å². The first-order valence-electron chi connectivity index (χ1n) is 4.10. The van der Waals surface area contributed by atoms with Gasteiger partial charge < -0.3 is 7.45 Å². The summed E-state index contributed by atoms with van der Waals surface area (Å²) in [6, 6.07) is 6.62. The van der Waals surface area contributed by atoms with E-state index in [1.54, 1.807) is 24.3 Å². The zero-order chi connectivity index (χ0) is 9.42. The average molecular weight is 157 g/mol. The Bertz CT molecular complexity index is 400. The van der Waals surface area contributed by atoms with Crippen molar-refractivity contribution in [3.63, 3.8) is 0 Å². The molecule has 0 bridgehead atoms. The van der Waals surface area contributed by atoms with Crippen molar-refractivity contribution in [1.29, 1.82) is 1.34 Å². The summed E-state index contributed by atoms with van der Waals surface area (Å²) in [7, 11) is 0.824. The molecule has 1 aromatic rings. The van der Waals surface area contributed by atoms with Crippen molar-refractivity contribution in [2.24, 2.45) is 0 Å². The van der Waals surface area contributed by atoms with Crippen LogP contribution in [0.4, 0.5) is 0 Å². The van der Waals surface area contributed by atoms with Crippen LogP contribution in [-0.4, -0.2) is 25.8 Å². The summed E-state index contributed by atoms with van der Waals surface area (Å²) in [5, 5.41) is 0. The molecule has 57 valence electrons. The number of carbonyl (C=O) groups is 2. The van der Waals surface area contributed by atoms with E-state index in [1.165, 1.54) is 0 Å². The van der Waals surface area contributed by atoms with Crippen LogP contribution < -0.4 is 0 Å². The molecule has 0 atom stereocenters. The lowest BCUT2D eigenvalue weighted by molar-refractivity contribution is 0.104. The molecule has 1 radical (unpaired) electrons. The molecule has 1 aliphatic rings. The van der Waals surface area contributed by atoms with Crippen molar-refractivity contribution in [3.05, 3.63) is 35.4 Å². The Morgan fingerprint density at radius 2 is 1.58 bits per heavy atom. The van der Waals surface area contributed by atoms with E-state index in [2.05, 4.69) is 0 Å². The number of carbonyl (C=O) groups excluding carboxylic acids is 2. The highest BCUT2D eigenvalue weighted by Crippen LogP contribution is 2.18. The van der Waals surface area contributed by atoms with E-state index in [9.17, 15) is 9.59 Å². The molecule has 0 unspecified atom stereocenters. The zero-order valence-electron chi connectivity index (χ0n) is 7.20. The highest BCUT2D eigenvalue weighted by molar-refractivity contribution is 6.89. The Morgan fingerprint density at radius 1 is 1.08 bits per heavy atom. The van der Waals surface area contributed by atoms with Crippen molar-refractivity contribution in [2.45, 2.75) is 0 Å². The van der Waals surface area contributed by atoms with Crippen LogP contribution in [0.3, 0.4) is 0 Å². The zero-order valence-corrected chi connectivity index (χ0v) is 6.20. The number of Topliss-reactive ketones (excluding diaryl/α,β-unsaturated/α-hetero) is 2. The number of fused-ring (bicyclic) bond motifs is 1. The van der Waals surface area contributed by atoms with Crippen LogP contribution in [0.2, 0.25) is 0 Å². The van der Waals surface area contributed by atoms with Crippen molar-refractivity contribution in [2.75, 3.05) is 0 Å². The molecule has 0 aliphatic heterocycles. The van der Waals surface area contributed by atoms with Gasteiger partial charge in [0.1, 0.15) is 0 Å². The molecule has 0 heterocycles. The summed E-state index contributed by atoms with van der Waals surface area (Å²) in [5.41, 5.74) is 0.776. The van der Waals surface area contributed by atoms with Gasteiger partial charge in [0, 0.05) is 11.1 Å². The third-order valence-corrected chi connectivity index (χ3v) is 1.91. The van der Waals surface area contributed by atoms with E-state index in [1.807, 2.05) is 0 Å². The largest absolute Gasteiger partial charge is 0.340 e. The van der Waals surface area contributed by atoms with Gasteiger partial charge in [-0.25, -0.2) is 0 Å². The van der Waals surface area contributed by atoms with Crippen LogP contribution in [0, 0.1) is 0 Å². The van der Waals surface area contributed by atoms with E-state index in [-0.39, 0.29) is 17.0 Å². The minimum absolute atomic E-state index is 0.0406. The van der Waals surface area contributed by atoms with Gasteiger partial charge >= 0.3 is 0 Å². The fraction of sp³-hybridized carbons (Fsp3) is 0. The van der Waals surface area contributed by atoms with E-state index in [0.29, 0.717) is 11.1 Å². The van der Waals surface area contributed by atoms with Gasteiger partial charge in [0.05, 0.1) is 0 Å². The summed E-state index contributed by atoms with van der Waals surface area (Å²) in [6.45, 7) is 0. The summed E-state index contributed by atoms with van der Waals surface area (Å²) >= 11 is 0. The first-order valence-corrected chi connectivity index (χ1v) is 3.52. The summed E-state index contributed by atoms with van der Waals surface area (Å²) in [5.74, 6) is -0.675. The number of rotatable bonds is 0. The molecular weight excluding hydrogens is 151 g/mol. The average Bonchev–Trinajstić information content (AvgIpc) is 2.41. The second-order valence-corrected chi connectivity index (χ2v) is 2.62. The van der Waals surface area contributed by atoms with E-state index < -0.39 is 0 Å². The van der Waals surface area contributed by atoms with Gasteiger partial charge in [-0.2, -0.15) is 5.46 Å². The fourth-order valence-corrected chi connectivity index (χ4v) is 1.27. The van der Waals surface area contributed by atoms with Gasteiger partial charge in [0.25, 0.3) is 0 Å². The van der Waals surface area contributed by atoms with Gasteiger partial charge in [0.15, 0.2) is 11.6 Å². The maximum absolute atomic E-state index is 11.4. The van der Waals surface area contributed by atoms with Crippen molar-refractivity contribution in [1.82, 2.24) is 0 Å². The summed E-state index contributed by atoms with van der Waals surface area (Å²) < 4.78 is 6.93. The second kappa shape index (κ2) is 2.24. The summed E-state index contributed by atoms with van der Waals surface area (Å²) in [4.78, 5) is 22.9. The molecule has 0 saturated carbocycles. The molecule has 1 aromatic carbocycles. The molecule has 0 N–H and O–H groups in total. The van der Waals surface area contributed by atoms with Crippen molar-refractivity contribution >= 4 is 24.5 Å². The maximum Gasteiger partial charge on any atom is 0.150 e. The lowest BCUT2D eigenvalue weighted by Gasteiger charge is -1.94. The van der Waals surface area contributed by atoms with Crippen LogP contribution >= 0.6 is 0 Å². The highest BCUT2D eigenvalue weighted by atomic mass is 16.2. The molecule has 0 saturated heterocycles. The minimum Gasteiger partial charge on any atom is -0.340 e.